The first-order chi connectivity index (χ1) is 12.3. The molecule has 2 heterocycles. The Bertz CT molecular complexity index is 947. The van der Waals surface area contributed by atoms with Crippen LogP contribution in [0.2, 0.25) is 0 Å². The van der Waals surface area contributed by atoms with Gasteiger partial charge in [0.25, 0.3) is 0 Å². The van der Waals surface area contributed by atoms with Gasteiger partial charge < -0.3 is 4.74 Å². The molecule has 1 aliphatic carbocycles. The normalized spacial score (nSPS) is 18.0. The number of ether oxygens (including phenoxy) is 1. The Balaban J connectivity index is 1.43. The van der Waals surface area contributed by atoms with Crippen molar-refractivity contribution >= 4 is 15.9 Å². The monoisotopic (exact) mass is 395 g/mol. The van der Waals surface area contributed by atoms with E-state index in [-0.39, 0.29) is 0 Å². The number of rotatable bonds is 3. The summed E-state index contributed by atoms with van der Waals surface area (Å²) >= 11 is 3.64. The zero-order valence-corrected chi connectivity index (χ0v) is 15.6. The molecule has 1 atom stereocenters. The van der Waals surface area contributed by atoms with Crippen molar-refractivity contribution in [1.82, 2.24) is 4.57 Å². The smallest absolute Gasteiger partial charge is 0.244 e. The summed E-state index contributed by atoms with van der Waals surface area (Å²) in [6.45, 7) is 1.71. The number of hydrogen-bond acceptors (Lipinski definition) is 1. The van der Waals surface area contributed by atoms with E-state index in [1.54, 1.807) is 0 Å². The van der Waals surface area contributed by atoms with Crippen LogP contribution in [-0.4, -0.2) is 11.2 Å². The van der Waals surface area contributed by atoms with Crippen LogP contribution in [0.3, 0.4) is 0 Å². The molecule has 3 nitrogen and oxygen atoms in total. The van der Waals surface area contributed by atoms with Crippen molar-refractivity contribution in [2.24, 2.45) is 0 Å². The van der Waals surface area contributed by atoms with Crippen LogP contribution in [0.5, 0.6) is 5.75 Å². The molecule has 2 aliphatic rings. The van der Waals surface area contributed by atoms with Crippen molar-refractivity contribution in [2.75, 3.05) is 6.61 Å². The van der Waals surface area contributed by atoms with Crippen LogP contribution < -0.4 is 9.30 Å². The number of nitrogens with zero attached hydrogens (tertiary/aromatic N) is 2. The number of fused-ring (bicyclic) bond motifs is 2. The third kappa shape index (κ3) is 2.69. The van der Waals surface area contributed by atoms with Gasteiger partial charge in [0, 0.05) is 22.0 Å². The fourth-order valence-electron chi connectivity index (χ4n) is 4.09. The number of aryl methyl sites for hydroxylation is 1. The molecular formula is C21H20BrN2O+. The van der Waals surface area contributed by atoms with Crippen LogP contribution >= 0.6 is 15.9 Å². The minimum absolute atomic E-state index is 0.421. The first-order valence-corrected chi connectivity index (χ1v) is 9.65. The van der Waals surface area contributed by atoms with Gasteiger partial charge >= 0.3 is 0 Å². The van der Waals surface area contributed by atoms with Crippen molar-refractivity contribution in [2.45, 2.75) is 31.8 Å². The zero-order chi connectivity index (χ0) is 16.8. The summed E-state index contributed by atoms with van der Waals surface area (Å²) in [5, 5.41) is 0. The van der Waals surface area contributed by atoms with E-state index < -0.39 is 0 Å². The van der Waals surface area contributed by atoms with Gasteiger partial charge in [0.1, 0.15) is 30.7 Å². The molecule has 3 aromatic rings. The number of benzene rings is 2. The van der Waals surface area contributed by atoms with Gasteiger partial charge in [-0.3, -0.25) is 0 Å². The van der Waals surface area contributed by atoms with Crippen molar-refractivity contribution in [3.05, 3.63) is 81.8 Å². The van der Waals surface area contributed by atoms with Gasteiger partial charge in [-0.2, -0.15) is 0 Å². The predicted octanol–water partition coefficient (Wildman–Crippen LogP) is 4.06. The van der Waals surface area contributed by atoms with E-state index in [4.69, 9.17) is 4.74 Å². The Morgan fingerprint density at radius 1 is 1.16 bits per heavy atom. The van der Waals surface area contributed by atoms with E-state index in [1.165, 1.54) is 28.7 Å². The lowest BCUT2D eigenvalue weighted by Gasteiger charge is -2.09. The van der Waals surface area contributed by atoms with Gasteiger partial charge in [0.2, 0.25) is 6.33 Å². The Hall–Kier alpha value is -2.07. The zero-order valence-electron chi connectivity index (χ0n) is 14.0. The summed E-state index contributed by atoms with van der Waals surface area (Å²) < 4.78 is 11.6. The Morgan fingerprint density at radius 2 is 2.08 bits per heavy atom. The van der Waals surface area contributed by atoms with E-state index in [0.717, 1.165) is 36.2 Å². The van der Waals surface area contributed by atoms with Gasteiger partial charge in [-0.05, 0) is 36.1 Å². The molecule has 1 aliphatic heterocycles. The standard InChI is InChI=1S/C21H20BrN2O/c22-19-4-2-1-3-17(19)13-23-8-9-24(14-23)20-6-5-15-11-16-7-10-25-21(16)12-18(15)20/h1-4,8-9,11-12,14,20H,5-7,10,13H2/q+1. The second kappa shape index (κ2) is 6.03. The molecule has 5 rings (SSSR count). The molecule has 0 spiro atoms. The largest absolute Gasteiger partial charge is 0.493 e. The lowest BCUT2D eigenvalue weighted by molar-refractivity contribution is -0.688. The SMILES string of the molecule is Brc1ccccc1C[n+]1ccn(C2CCc3cc4c(cc32)OCC4)c1. The topological polar surface area (TPSA) is 18.0 Å². The molecule has 0 amide bonds. The molecule has 0 N–H and O–H groups in total. The molecule has 0 saturated heterocycles. The van der Waals surface area contributed by atoms with Crippen molar-refractivity contribution < 1.29 is 9.30 Å². The first-order valence-electron chi connectivity index (χ1n) is 8.86. The summed E-state index contributed by atoms with van der Waals surface area (Å²) in [5.74, 6) is 1.10. The maximum absolute atomic E-state index is 5.79. The average Bonchev–Trinajstić information content (AvgIpc) is 3.33. The molecule has 126 valence electrons. The molecule has 0 fully saturated rings. The van der Waals surface area contributed by atoms with Gasteiger partial charge in [-0.15, -0.1) is 0 Å². The van der Waals surface area contributed by atoms with E-state index in [0.29, 0.717) is 6.04 Å². The van der Waals surface area contributed by atoms with Crippen molar-refractivity contribution in [1.29, 1.82) is 0 Å². The number of aromatic nitrogens is 2. The third-order valence-electron chi connectivity index (χ3n) is 5.38. The Labute approximate surface area is 156 Å². The minimum Gasteiger partial charge on any atom is -0.493 e. The predicted molar refractivity (Wildman–Crippen MR) is 100.0 cm³/mol. The minimum atomic E-state index is 0.421. The second-order valence-corrected chi connectivity index (χ2v) is 7.79. The highest BCUT2D eigenvalue weighted by Crippen LogP contribution is 2.39. The molecule has 0 radical (unpaired) electrons. The summed E-state index contributed by atoms with van der Waals surface area (Å²) in [7, 11) is 0. The quantitative estimate of drug-likeness (QED) is 0.611. The van der Waals surface area contributed by atoms with Crippen LogP contribution in [0.4, 0.5) is 0 Å². The third-order valence-corrected chi connectivity index (χ3v) is 6.15. The Kier molecular flexibility index (Phi) is 3.66. The van der Waals surface area contributed by atoms with E-state index in [9.17, 15) is 0 Å². The number of imidazole rings is 1. The van der Waals surface area contributed by atoms with E-state index in [1.807, 2.05) is 0 Å². The summed E-state index contributed by atoms with van der Waals surface area (Å²) in [6, 6.07) is 13.5. The molecule has 0 saturated carbocycles. The maximum Gasteiger partial charge on any atom is 0.244 e. The summed E-state index contributed by atoms with van der Waals surface area (Å²) in [4.78, 5) is 0. The van der Waals surface area contributed by atoms with Gasteiger partial charge in [0.15, 0.2) is 0 Å². The van der Waals surface area contributed by atoms with E-state index in [2.05, 4.69) is 80.2 Å². The second-order valence-electron chi connectivity index (χ2n) is 6.94. The highest BCUT2D eigenvalue weighted by molar-refractivity contribution is 9.10. The maximum atomic E-state index is 5.79. The fraction of sp³-hybridized carbons (Fsp3) is 0.286. The highest BCUT2D eigenvalue weighted by atomic mass is 79.9. The molecule has 4 heteroatoms. The van der Waals surface area contributed by atoms with Crippen LogP contribution in [0.15, 0.2) is 59.6 Å². The number of halogens is 1. The first kappa shape index (κ1) is 15.2. The molecule has 2 aromatic carbocycles. The molecule has 1 aromatic heterocycles. The van der Waals surface area contributed by atoms with Crippen molar-refractivity contribution in [3.8, 4) is 5.75 Å². The van der Waals surface area contributed by atoms with Gasteiger partial charge in [0.05, 0.1) is 6.61 Å². The van der Waals surface area contributed by atoms with Gasteiger partial charge in [-0.25, -0.2) is 9.13 Å². The lowest BCUT2D eigenvalue weighted by Crippen LogP contribution is -2.32. The van der Waals surface area contributed by atoms with Crippen LogP contribution in [0, 0.1) is 0 Å². The molecule has 1 unspecified atom stereocenters. The summed E-state index contributed by atoms with van der Waals surface area (Å²) in [6.07, 6.45) is 9.99. The molecule has 0 bridgehead atoms. The van der Waals surface area contributed by atoms with Gasteiger partial charge in [-0.1, -0.05) is 40.2 Å². The van der Waals surface area contributed by atoms with Crippen LogP contribution in [0.1, 0.15) is 34.7 Å². The van der Waals surface area contributed by atoms with E-state index >= 15 is 0 Å². The Morgan fingerprint density at radius 3 is 3.00 bits per heavy atom. The molecular weight excluding hydrogens is 376 g/mol. The highest BCUT2D eigenvalue weighted by Gasteiger charge is 2.30. The average molecular weight is 396 g/mol. The fourth-order valence-corrected chi connectivity index (χ4v) is 4.50. The van der Waals surface area contributed by atoms with Crippen molar-refractivity contribution in [3.63, 3.8) is 0 Å². The number of hydrogen-bond donors (Lipinski definition) is 0. The summed E-state index contributed by atoms with van der Waals surface area (Å²) in [5.41, 5.74) is 5.61. The van der Waals surface area contributed by atoms with Crippen LogP contribution in [-0.2, 0) is 19.4 Å². The van der Waals surface area contributed by atoms with Crippen LogP contribution in [0.25, 0.3) is 0 Å². The molecule has 25 heavy (non-hydrogen) atoms. The lowest BCUT2D eigenvalue weighted by atomic mass is 10.0.